The second-order valence-electron chi connectivity index (χ2n) is 5.42. The van der Waals surface area contributed by atoms with Crippen LogP contribution < -0.4 is 14.8 Å². The first-order valence-corrected chi connectivity index (χ1v) is 7.95. The van der Waals surface area contributed by atoms with Crippen molar-refractivity contribution in [3.05, 3.63) is 24.3 Å². The first-order chi connectivity index (χ1) is 9.90. The van der Waals surface area contributed by atoms with E-state index in [1.807, 2.05) is 31.2 Å². The minimum atomic E-state index is 0.667. The Morgan fingerprint density at radius 1 is 1.05 bits per heavy atom. The smallest absolute Gasteiger partial charge is 0.161 e. The van der Waals surface area contributed by atoms with Crippen LogP contribution in [0.3, 0.4) is 0 Å². The van der Waals surface area contributed by atoms with Gasteiger partial charge in [-0.1, -0.05) is 37.8 Å². The minimum Gasteiger partial charge on any atom is -0.490 e. The first-order valence-electron chi connectivity index (χ1n) is 7.95. The van der Waals surface area contributed by atoms with Crippen LogP contribution in [0.5, 0.6) is 11.5 Å². The number of ether oxygens (including phenoxy) is 2. The van der Waals surface area contributed by atoms with Gasteiger partial charge < -0.3 is 14.8 Å². The van der Waals surface area contributed by atoms with E-state index in [2.05, 4.69) is 5.32 Å². The third kappa shape index (κ3) is 5.04. The molecule has 0 radical (unpaired) electrons. The molecule has 1 saturated carbocycles. The predicted molar refractivity (Wildman–Crippen MR) is 82.6 cm³/mol. The van der Waals surface area contributed by atoms with E-state index in [1.165, 1.54) is 32.1 Å². The van der Waals surface area contributed by atoms with Gasteiger partial charge in [0.2, 0.25) is 0 Å². The zero-order chi connectivity index (χ0) is 14.0. The summed E-state index contributed by atoms with van der Waals surface area (Å²) in [5.74, 6) is 2.63. The van der Waals surface area contributed by atoms with Crippen LogP contribution in [0, 0.1) is 5.92 Å². The highest BCUT2D eigenvalue weighted by molar-refractivity contribution is 5.39. The van der Waals surface area contributed by atoms with Gasteiger partial charge in [0.15, 0.2) is 11.5 Å². The second kappa shape index (κ2) is 8.85. The molecule has 1 aliphatic rings. The van der Waals surface area contributed by atoms with Crippen molar-refractivity contribution in [2.24, 2.45) is 5.92 Å². The Bertz CT molecular complexity index is 375. The monoisotopic (exact) mass is 277 g/mol. The molecule has 0 spiro atoms. The molecule has 0 heterocycles. The molecule has 3 heteroatoms. The van der Waals surface area contributed by atoms with Crippen LogP contribution in [0.2, 0.25) is 0 Å². The molecular weight excluding hydrogens is 250 g/mol. The molecule has 1 N–H and O–H groups in total. The van der Waals surface area contributed by atoms with Crippen molar-refractivity contribution in [1.82, 2.24) is 5.32 Å². The Labute approximate surface area is 122 Å². The molecule has 20 heavy (non-hydrogen) atoms. The minimum absolute atomic E-state index is 0.667. The Balaban J connectivity index is 1.58. The van der Waals surface area contributed by atoms with Gasteiger partial charge in [0.1, 0.15) is 6.61 Å². The van der Waals surface area contributed by atoms with E-state index in [0.717, 1.165) is 30.5 Å². The van der Waals surface area contributed by atoms with E-state index in [9.17, 15) is 0 Å². The van der Waals surface area contributed by atoms with Gasteiger partial charge in [0, 0.05) is 6.54 Å². The summed E-state index contributed by atoms with van der Waals surface area (Å²) in [6, 6.07) is 7.86. The van der Waals surface area contributed by atoms with Crippen molar-refractivity contribution in [1.29, 1.82) is 0 Å². The third-order valence-electron chi connectivity index (χ3n) is 3.89. The fourth-order valence-corrected chi connectivity index (χ4v) is 2.81. The average molecular weight is 277 g/mol. The van der Waals surface area contributed by atoms with Crippen LogP contribution in [0.4, 0.5) is 0 Å². The molecule has 0 aliphatic heterocycles. The fourth-order valence-electron chi connectivity index (χ4n) is 2.81. The summed E-state index contributed by atoms with van der Waals surface area (Å²) < 4.78 is 11.3. The molecule has 0 unspecified atom stereocenters. The lowest BCUT2D eigenvalue weighted by Crippen LogP contribution is -2.23. The summed E-state index contributed by atoms with van der Waals surface area (Å²) in [7, 11) is 0. The Hall–Kier alpha value is -1.22. The second-order valence-corrected chi connectivity index (χ2v) is 5.42. The molecule has 3 nitrogen and oxygen atoms in total. The van der Waals surface area contributed by atoms with E-state index < -0.39 is 0 Å². The Kier molecular flexibility index (Phi) is 6.72. The third-order valence-corrected chi connectivity index (χ3v) is 3.89. The molecule has 1 aromatic carbocycles. The number of rotatable bonds is 9. The zero-order valence-corrected chi connectivity index (χ0v) is 12.6. The molecule has 2 rings (SSSR count). The summed E-state index contributed by atoms with van der Waals surface area (Å²) >= 11 is 0. The summed E-state index contributed by atoms with van der Waals surface area (Å²) in [6.07, 6.45) is 7.04. The molecule has 0 bridgehead atoms. The van der Waals surface area contributed by atoms with Crippen LogP contribution in [0.1, 0.15) is 39.0 Å². The van der Waals surface area contributed by atoms with Gasteiger partial charge in [-0.2, -0.15) is 0 Å². The van der Waals surface area contributed by atoms with E-state index in [1.54, 1.807) is 0 Å². The summed E-state index contributed by atoms with van der Waals surface area (Å²) in [4.78, 5) is 0. The maximum absolute atomic E-state index is 5.77. The first kappa shape index (κ1) is 15.2. The van der Waals surface area contributed by atoms with Crippen LogP contribution in [0.15, 0.2) is 24.3 Å². The molecule has 1 fully saturated rings. The van der Waals surface area contributed by atoms with E-state index >= 15 is 0 Å². The largest absolute Gasteiger partial charge is 0.490 e. The van der Waals surface area contributed by atoms with Crippen molar-refractivity contribution in [2.75, 3.05) is 26.3 Å². The molecule has 112 valence electrons. The van der Waals surface area contributed by atoms with Gasteiger partial charge in [-0.05, 0) is 37.9 Å². The number of nitrogens with one attached hydrogen (secondary N) is 1. The maximum atomic E-state index is 5.77. The van der Waals surface area contributed by atoms with Crippen LogP contribution >= 0.6 is 0 Å². The zero-order valence-electron chi connectivity index (χ0n) is 12.6. The van der Waals surface area contributed by atoms with Gasteiger partial charge in [-0.25, -0.2) is 0 Å². The number of benzene rings is 1. The molecule has 0 saturated heterocycles. The van der Waals surface area contributed by atoms with Crippen molar-refractivity contribution in [3.8, 4) is 11.5 Å². The van der Waals surface area contributed by atoms with Gasteiger partial charge >= 0.3 is 0 Å². The van der Waals surface area contributed by atoms with Crippen molar-refractivity contribution >= 4 is 0 Å². The van der Waals surface area contributed by atoms with E-state index in [-0.39, 0.29) is 0 Å². The maximum Gasteiger partial charge on any atom is 0.161 e. The molecule has 1 aliphatic carbocycles. The lowest BCUT2D eigenvalue weighted by molar-refractivity contribution is 0.275. The Morgan fingerprint density at radius 3 is 2.45 bits per heavy atom. The summed E-state index contributed by atoms with van der Waals surface area (Å²) in [5, 5.41) is 3.47. The number of para-hydroxylation sites is 2. The normalized spacial score (nSPS) is 15.4. The van der Waals surface area contributed by atoms with Crippen molar-refractivity contribution in [3.63, 3.8) is 0 Å². The molecular formula is C17H27NO2. The van der Waals surface area contributed by atoms with Crippen LogP contribution in [0.25, 0.3) is 0 Å². The van der Waals surface area contributed by atoms with Crippen molar-refractivity contribution in [2.45, 2.75) is 39.0 Å². The highest BCUT2D eigenvalue weighted by atomic mass is 16.5. The predicted octanol–water partition coefficient (Wildman–Crippen LogP) is 3.63. The van der Waals surface area contributed by atoms with Gasteiger partial charge in [-0.15, -0.1) is 0 Å². The fraction of sp³-hybridized carbons (Fsp3) is 0.647. The molecule has 0 aromatic heterocycles. The van der Waals surface area contributed by atoms with Gasteiger partial charge in [0.05, 0.1) is 6.61 Å². The van der Waals surface area contributed by atoms with Gasteiger partial charge in [-0.3, -0.25) is 0 Å². The highest BCUT2D eigenvalue weighted by Gasteiger charge is 2.13. The SMILES string of the molecule is CCOc1ccccc1OCCNCCC1CCCC1. The van der Waals surface area contributed by atoms with Gasteiger partial charge in [0.25, 0.3) is 0 Å². The summed E-state index contributed by atoms with van der Waals surface area (Å²) in [6.45, 7) is 5.35. The Morgan fingerprint density at radius 2 is 1.75 bits per heavy atom. The molecule has 0 atom stereocenters. The van der Waals surface area contributed by atoms with Crippen LogP contribution in [-0.2, 0) is 0 Å². The highest BCUT2D eigenvalue weighted by Crippen LogP contribution is 2.27. The van der Waals surface area contributed by atoms with E-state index in [4.69, 9.17) is 9.47 Å². The number of hydrogen-bond acceptors (Lipinski definition) is 3. The molecule has 0 amide bonds. The quantitative estimate of drug-likeness (QED) is 0.699. The van der Waals surface area contributed by atoms with E-state index in [0.29, 0.717) is 13.2 Å². The topological polar surface area (TPSA) is 30.5 Å². The standard InChI is InChI=1S/C17H27NO2/c1-2-19-16-9-5-6-10-17(16)20-14-13-18-12-11-15-7-3-4-8-15/h5-6,9-10,15,18H,2-4,7-8,11-14H2,1H3. The summed E-state index contributed by atoms with van der Waals surface area (Å²) in [5.41, 5.74) is 0. The van der Waals surface area contributed by atoms with Crippen LogP contribution in [-0.4, -0.2) is 26.3 Å². The molecule has 1 aromatic rings. The van der Waals surface area contributed by atoms with Crippen molar-refractivity contribution < 1.29 is 9.47 Å². The number of hydrogen-bond donors (Lipinski definition) is 1. The lowest BCUT2D eigenvalue weighted by Gasteiger charge is -2.13. The lowest BCUT2D eigenvalue weighted by atomic mass is 10.0. The average Bonchev–Trinajstić information content (AvgIpc) is 2.98.